The van der Waals surface area contributed by atoms with Gasteiger partial charge < -0.3 is 4.74 Å². The number of rotatable bonds is 3. The highest BCUT2D eigenvalue weighted by Crippen LogP contribution is 2.20. The molecule has 0 fully saturated rings. The van der Waals surface area contributed by atoms with Gasteiger partial charge in [-0.3, -0.25) is 4.79 Å². The van der Waals surface area contributed by atoms with Gasteiger partial charge in [0.1, 0.15) is 6.61 Å². The molecule has 64 valence electrons. The summed E-state index contributed by atoms with van der Waals surface area (Å²) in [7, 11) is 0. The molecular formula is C8H6BrFO2. The van der Waals surface area contributed by atoms with Crippen LogP contribution in [0.1, 0.15) is 0 Å². The molecule has 12 heavy (non-hydrogen) atoms. The smallest absolute Gasteiger partial charge is 0.166 e. The first-order valence-corrected chi connectivity index (χ1v) is 4.05. The summed E-state index contributed by atoms with van der Waals surface area (Å²) in [5, 5.41) is 0. The molecule has 0 aliphatic carbocycles. The minimum atomic E-state index is -0.480. The Morgan fingerprint density at radius 1 is 1.58 bits per heavy atom. The number of benzene rings is 1. The molecule has 1 rings (SSSR count). The van der Waals surface area contributed by atoms with Gasteiger partial charge in [0.05, 0.1) is 0 Å². The predicted molar refractivity (Wildman–Crippen MR) is 45.7 cm³/mol. The van der Waals surface area contributed by atoms with Crippen molar-refractivity contribution in [1.82, 2.24) is 0 Å². The van der Waals surface area contributed by atoms with Crippen molar-refractivity contribution in [2.24, 2.45) is 0 Å². The van der Waals surface area contributed by atoms with Crippen molar-refractivity contribution in [2.45, 2.75) is 0 Å². The largest absolute Gasteiger partial charge is 0.483 e. The Hall–Kier alpha value is -0.900. The van der Waals surface area contributed by atoms with Crippen LogP contribution in [-0.2, 0) is 4.79 Å². The van der Waals surface area contributed by atoms with Crippen LogP contribution in [-0.4, -0.2) is 12.9 Å². The number of hydrogen-bond acceptors (Lipinski definition) is 2. The van der Waals surface area contributed by atoms with E-state index >= 15 is 0 Å². The zero-order valence-corrected chi connectivity index (χ0v) is 7.67. The average Bonchev–Trinajstić information content (AvgIpc) is 2.03. The van der Waals surface area contributed by atoms with Gasteiger partial charge >= 0.3 is 0 Å². The van der Waals surface area contributed by atoms with Crippen LogP contribution in [0.3, 0.4) is 0 Å². The van der Waals surface area contributed by atoms with E-state index in [0.29, 0.717) is 10.8 Å². The highest BCUT2D eigenvalue weighted by molar-refractivity contribution is 9.10. The third kappa shape index (κ3) is 2.30. The molecule has 0 aromatic heterocycles. The van der Waals surface area contributed by atoms with Crippen LogP contribution in [0.4, 0.5) is 4.39 Å². The molecule has 0 aliphatic rings. The minimum absolute atomic E-state index is 0.0882. The minimum Gasteiger partial charge on any atom is -0.483 e. The van der Waals surface area contributed by atoms with Crippen molar-refractivity contribution < 1.29 is 13.9 Å². The van der Waals surface area contributed by atoms with Gasteiger partial charge in [-0.1, -0.05) is 15.9 Å². The first kappa shape index (κ1) is 9.19. The number of carbonyl (C=O) groups excluding carboxylic acids is 1. The van der Waals surface area contributed by atoms with Gasteiger partial charge in [0.25, 0.3) is 0 Å². The first-order valence-electron chi connectivity index (χ1n) is 3.25. The van der Waals surface area contributed by atoms with Crippen LogP contribution >= 0.6 is 15.9 Å². The van der Waals surface area contributed by atoms with Gasteiger partial charge in [0.2, 0.25) is 0 Å². The summed E-state index contributed by atoms with van der Waals surface area (Å²) >= 11 is 3.10. The number of carbonyl (C=O) groups is 1. The standard InChI is InChI=1S/C8H6BrFO2/c9-6-1-2-8(7(10)5-6)12-4-3-11/h1-3,5H,4H2. The number of halogens is 2. The molecule has 0 radical (unpaired) electrons. The highest BCUT2D eigenvalue weighted by Gasteiger charge is 2.02. The summed E-state index contributed by atoms with van der Waals surface area (Å²) in [6.07, 6.45) is 0.571. The van der Waals surface area contributed by atoms with E-state index in [1.807, 2.05) is 0 Å². The Kier molecular flexibility index (Phi) is 3.22. The highest BCUT2D eigenvalue weighted by atomic mass is 79.9. The second-order valence-corrected chi connectivity index (χ2v) is 2.97. The molecule has 1 aromatic rings. The van der Waals surface area contributed by atoms with Crippen LogP contribution in [0.25, 0.3) is 0 Å². The van der Waals surface area contributed by atoms with Crippen molar-refractivity contribution in [1.29, 1.82) is 0 Å². The van der Waals surface area contributed by atoms with Gasteiger partial charge in [0.15, 0.2) is 17.9 Å². The molecule has 0 heterocycles. The summed E-state index contributed by atoms with van der Waals surface area (Å²) in [6, 6.07) is 4.38. The normalized spacial score (nSPS) is 9.50. The van der Waals surface area contributed by atoms with Crippen molar-refractivity contribution >= 4 is 22.2 Å². The van der Waals surface area contributed by atoms with Crippen LogP contribution in [0, 0.1) is 5.82 Å². The van der Waals surface area contributed by atoms with E-state index in [9.17, 15) is 9.18 Å². The van der Waals surface area contributed by atoms with Crippen molar-refractivity contribution in [3.8, 4) is 5.75 Å². The molecule has 4 heteroatoms. The fourth-order valence-corrected chi connectivity index (χ4v) is 1.05. The number of aldehydes is 1. The fraction of sp³-hybridized carbons (Fsp3) is 0.125. The summed E-state index contributed by atoms with van der Waals surface area (Å²) in [4.78, 5) is 9.90. The van der Waals surface area contributed by atoms with E-state index in [1.54, 1.807) is 6.07 Å². The van der Waals surface area contributed by atoms with E-state index in [2.05, 4.69) is 15.9 Å². The van der Waals surface area contributed by atoms with E-state index < -0.39 is 5.82 Å². The van der Waals surface area contributed by atoms with E-state index in [-0.39, 0.29) is 12.4 Å². The number of hydrogen-bond donors (Lipinski definition) is 0. The molecule has 0 atom stereocenters. The molecule has 0 N–H and O–H groups in total. The zero-order valence-electron chi connectivity index (χ0n) is 6.09. The van der Waals surface area contributed by atoms with Crippen molar-refractivity contribution in [3.05, 3.63) is 28.5 Å². The topological polar surface area (TPSA) is 26.3 Å². The monoisotopic (exact) mass is 232 g/mol. The molecule has 0 saturated heterocycles. The van der Waals surface area contributed by atoms with Crippen LogP contribution in [0.15, 0.2) is 22.7 Å². The first-order chi connectivity index (χ1) is 5.74. The molecule has 0 amide bonds. The molecule has 1 aromatic carbocycles. The second kappa shape index (κ2) is 4.21. The quantitative estimate of drug-likeness (QED) is 0.747. The maximum Gasteiger partial charge on any atom is 0.166 e. The molecule has 0 bridgehead atoms. The molecular weight excluding hydrogens is 227 g/mol. The maximum atomic E-state index is 12.9. The maximum absolute atomic E-state index is 12.9. The lowest BCUT2D eigenvalue weighted by atomic mass is 10.3. The third-order valence-electron chi connectivity index (χ3n) is 1.20. The van der Waals surface area contributed by atoms with Crippen LogP contribution < -0.4 is 4.74 Å². The summed E-state index contributed by atoms with van der Waals surface area (Å²) in [5.41, 5.74) is 0. The molecule has 0 unspecified atom stereocenters. The predicted octanol–water partition coefficient (Wildman–Crippen LogP) is 2.17. The van der Waals surface area contributed by atoms with Crippen molar-refractivity contribution in [3.63, 3.8) is 0 Å². The van der Waals surface area contributed by atoms with E-state index in [0.717, 1.165) is 0 Å². The van der Waals surface area contributed by atoms with Gasteiger partial charge in [-0.2, -0.15) is 0 Å². The lowest BCUT2D eigenvalue weighted by molar-refractivity contribution is -0.109. The second-order valence-electron chi connectivity index (χ2n) is 2.05. The summed E-state index contributed by atoms with van der Waals surface area (Å²) in [5.74, 6) is -0.392. The van der Waals surface area contributed by atoms with Crippen LogP contribution in [0.2, 0.25) is 0 Å². The Balaban J connectivity index is 2.78. The molecule has 0 spiro atoms. The Labute approximate surface area is 77.5 Å². The third-order valence-corrected chi connectivity index (χ3v) is 1.69. The van der Waals surface area contributed by atoms with Gasteiger partial charge in [-0.25, -0.2) is 4.39 Å². The van der Waals surface area contributed by atoms with Gasteiger partial charge in [-0.15, -0.1) is 0 Å². The van der Waals surface area contributed by atoms with Gasteiger partial charge in [-0.05, 0) is 18.2 Å². The molecule has 2 nitrogen and oxygen atoms in total. The Bertz CT molecular complexity index is 288. The van der Waals surface area contributed by atoms with Crippen LogP contribution in [0.5, 0.6) is 5.75 Å². The van der Waals surface area contributed by atoms with E-state index in [1.165, 1.54) is 12.1 Å². The lowest BCUT2D eigenvalue weighted by Crippen LogP contribution is -1.99. The average molecular weight is 233 g/mol. The lowest BCUT2D eigenvalue weighted by Gasteiger charge is -2.02. The summed E-state index contributed by atoms with van der Waals surface area (Å²) < 4.78 is 18.3. The molecule has 0 aliphatic heterocycles. The van der Waals surface area contributed by atoms with E-state index in [4.69, 9.17) is 4.74 Å². The molecule has 0 saturated carbocycles. The summed E-state index contributed by atoms with van der Waals surface area (Å²) in [6.45, 7) is -0.126. The fourth-order valence-electron chi connectivity index (χ4n) is 0.716. The Morgan fingerprint density at radius 3 is 2.92 bits per heavy atom. The Morgan fingerprint density at radius 2 is 2.33 bits per heavy atom. The zero-order chi connectivity index (χ0) is 8.97. The van der Waals surface area contributed by atoms with Gasteiger partial charge in [0, 0.05) is 4.47 Å². The number of ether oxygens (including phenoxy) is 1. The SMILES string of the molecule is O=CCOc1ccc(Br)cc1F. The van der Waals surface area contributed by atoms with Crippen molar-refractivity contribution in [2.75, 3.05) is 6.61 Å².